The minimum Gasteiger partial charge on any atom is -0.508 e. The van der Waals surface area contributed by atoms with Crippen molar-refractivity contribution in [3.05, 3.63) is 101 Å². The lowest BCUT2D eigenvalue weighted by Crippen LogP contribution is -2.56. The van der Waals surface area contributed by atoms with Crippen LogP contribution in [0.2, 0.25) is 0 Å². The van der Waals surface area contributed by atoms with E-state index >= 15 is 0 Å². The predicted octanol–water partition coefficient (Wildman–Crippen LogP) is 4.95. The molecule has 3 aromatic rings. The first kappa shape index (κ1) is 26.4. The first-order valence-corrected chi connectivity index (χ1v) is 13.7. The molecule has 3 atom stereocenters. The highest BCUT2D eigenvalue weighted by atomic mass is 16.4. The van der Waals surface area contributed by atoms with Crippen LogP contribution in [-0.4, -0.2) is 75.7 Å². The number of benzene rings is 3. The molecular formula is C32H39N3O3. The molecule has 6 heteroatoms. The van der Waals surface area contributed by atoms with Crippen molar-refractivity contribution in [1.82, 2.24) is 14.7 Å². The van der Waals surface area contributed by atoms with Gasteiger partial charge >= 0.3 is 5.97 Å². The molecule has 1 unspecified atom stereocenters. The molecule has 2 N–H and O–H groups in total. The zero-order valence-electron chi connectivity index (χ0n) is 22.4. The van der Waals surface area contributed by atoms with Gasteiger partial charge in [-0.1, -0.05) is 66.7 Å². The van der Waals surface area contributed by atoms with Crippen LogP contribution in [0.1, 0.15) is 54.5 Å². The van der Waals surface area contributed by atoms with Gasteiger partial charge in [-0.2, -0.15) is 0 Å². The van der Waals surface area contributed by atoms with Gasteiger partial charge in [0.1, 0.15) is 5.75 Å². The normalized spacial score (nSPS) is 22.2. The number of carbonyl (C=O) groups is 1. The quantitative estimate of drug-likeness (QED) is 0.422. The van der Waals surface area contributed by atoms with E-state index in [9.17, 15) is 9.90 Å². The number of aliphatic carboxylic acids is 1. The van der Waals surface area contributed by atoms with E-state index in [0.717, 1.165) is 38.3 Å². The molecule has 0 aliphatic carbocycles. The summed E-state index contributed by atoms with van der Waals surface area (Å²) in [5, 5.41) is 19.3. The molecule has 2 aliphatic rings. The van der Waals surface area contributed by atoms with Crippen LogP contribution in [0, 0.1) is 0 Å². The molecule has 2 heterocycles. The topological polar surface area (TPSA) is 67.2 Å². The first-order chi connectivity index (χ1) is 18.4. The Balaban J connectivity index is 1.33. The number of carboxylic acids is 1. The number of nitrogens with zero attached hydrogens (tertiary/aromatic N) is 3. The molecule has 0 bridgehead atoms. The minimum absolute atomic E-state index is 0.0564. The summed E-state index contributed by atoms with van der Waals surface area (Å²) in [5.74, 6) is 0.0150. The highest BCUT2D eigenvalue weighted by Gasteiger charge is 2.35. The van der Waals surface area contributed by atoms with Crippen molar-refractivity contribution >= 4 is 5.97 Å². The van der Waals surface area contributed by atoms with Crippen LogP contribution in [-0.2, 0) is 11.3 Å². The maximum atomic E-state index is 10.9. The summed E-state index contributed by atoms with van der Waals surface area (Å²) < 4.78 is 0. The fourth-order valence-corrected chi connectivity index (χ4v) is 6.06. The third-order valence-electron chi connectivity index (χ3n) is 8.23. The monoisotopic (exact) mass is 513 g/mol. The summed E-state index contributed by atoms with van der Waals surface area (Å²) in [5.41, 5.74) is 5.00. The van der Waals surface area contributed by atoms with Crippen molar-refractivity contribution in [3.63, 3.8) is 0 Å². The van der Waals surface area contributed by atoms with Crippen molar-refractivity contribution in [2.45, 2.75) is 50.9 Å². The smallest absolute Gasteiger partial charge is 0.304 e. The number of phenols is 1. The molecule has 38 heavy (non-hydrogen) atoms. The standard InChI is InChI=1S/C32H39N3O3/c1-23-19-35(24(2)18-34(23)20-25-7-4-3-5-8-25)32(28-9-6-10-30(36)17-28)27-13-11-26(12-14-27)29-21-33(22-29)16-15-31(37)38/h3-14,17,23-24,29,32,36H,15-16,18-22H2,1-2H3,(H,37,38)/t23-,24+,32?/m1/s1. The summed E-state index contributed by atoms with van der Waals surface area (Å²) in [6.07, 6.45) is 0.201. The predicted molar refractivity (Wildman–Crippen MR) is 150 cm³/mol. The summed E-state index contributed by atoms with van der Waals surface area (Å²) in [4.78, 5) is 18.2. The Bertz CT molecular complexity index is 1210. The van der Waals surface area contributed by atoms with E-state index in [-0.39, 0.29) is 12.5 Å². The third kappa shape index (κ3) is 6.09. The van der Waals surface area contributed by atoms with Crippen LogP contribution >= 0.6 is 0 Å². The summed E-state index contributed by atoms with van der Waals surface area (Å²) in [6.45, 7) is 9.97. The van der Waals surface area contributed by atoms with Crippen LogP contribution in [0.5, 0.6) is 5.75 Å². The number of aromatic hydroxyl groups is 1. The van der Waals surface area contributed by atoms with Crippen LogP contribution in [0.15, 0.2) is 78.9 Å². The molecule has 0 amide bonds. The molecule has 200 valence electrons. The van der Waals surface area contributed by atoms with Crippen LogP contribution in [0.25, 0.3) is 0 Å². The summed E-state index contributed by atoms with van der Waals surface area (Å²) in [7, 11) is 0. The second-order valence-corrected chi connectivity index (χ2v) is 11.1. The lowest BCUT2D eigenvalue weighted by atomic mass is 9.88. The maximum Gasteiger partial charge on any atom is 0.304 e. The Labute approximate surface area is 226 Å². The van der Waals surface area contributed by atoms with E-state index < -0.39 is 5.97 Å². The highest BCUT2D eigenvalue weighted by Crippen LogP contribution is 2.36. The van der Waals surface area contributed by atoms with Crippen LogP contribution in [0.3, 0.4) is 0 Å². The minimum atomic E-state index is -0.736. The Morgan fingerprint density at radius 2 is 1.61 bits per heavy atom. The average molecular weight is 514 g/mol. The summed E-state index contributed by atoms with van der Waals surface area (Å²) in [6, 6.07) is 28.2. The van der Waals surface area contributed by atoms with Gasteiger partial charge in [-0.15, -0.1) is 0 Å². The number of rotatable bonds is 9. The molecule has 6 nitrogen and oxygen atoms in total. The number of hydrogen-bond donors (Lipinski definition) is 2. The van der Waals surface area contributed by atoms with Crippen molar-refractivity contribution < 1.29 is 15.0 Å². The molecule has 2 fully saturated rings. The van der Waals surface area contributed by atoms with Gasteiger partial charge < -0.3 is 15.1 Å². The zero-order valence-corrected chi connectivity index (χ0v) is 22.4. The van der Waals surface area contributed by atoms with E-state index in [2.05, 4.69) is 89.2 Å². The van der Waals surface area contributed by atoms with Gasteiger partial charge in [-0.3, -0.25) is 14.6 Å². The Morgan fingerprint density at radius 1 is 0.868 bits per heavy atom. The molecule has 2 saturated heterocycles. The molecule has 5 rings (SSSR count). The van der Waals surface area contributed by atoms with E-state index in [1.54, 1.807) is 6.07 Å². The van der Waals surface area contributed by atoms with Crippen molar-refractivity contribution in [2.75, 3.05) is 32.7 Å². The summed E-state index contributed by atoms with van der Waals surface area (Å²) >= 11 is 0. The van der Waals surface area contributed by atoms with E-state index in [1.165, 1.54) is 16.7 Å². The van der Waals surface area contributed by atoms with Crippen molar-refractivity contribution in [2.24, 2.45) is 0 Å². The lowest BCUT2D eigenvalue weighted by Gasteiger charge is -2.48. The van der Waals surface area contributed by atoms with E-state index in [1.807, 2.05) is 12.1 Å². The number of phenolic OH excluding ortho intramolecular Hbond substituents is 1. The van der Waals surface area contributed by atoms with Gasteiger partial charge in [-0.05, 0) is 48.2 Å². The zero-order chi connectivity index (χ0) is 26.6. The second-order valence-electron chi connectivity index (χ2n) is 11.1. The lowest BCUT2D eigenvalue weighted by molar-refractivity contribution is -0.137. The van der Waals surface area contributed by atoms with Crippen molar-refractivity contribution in [3.8, 4) is 5.75 Å². The number of piperazine rings is 1. The average Bonchev–Trinajstić information content (AvgIpc) is 2.87. The second kappa shape index (κ2) is 11.7. The number of carboxylic acid groups (broad SMARTS) is 1. The number of likely N-dealkylation sites (tertiary alicyclic amines) is 1. The molecule has 0 saturated carbocycles. The highest BCUT2D eigenvalue weighted by molar-refractivity contribution is 5.66. The fourth-order valence-electron chi connectivity index (χ4n) is 6.06. The van der Waals surface area contributed by atoms with Gasteiger partial charge in [0.2, 0.25) is 0 Å². The van der Waals surface area contributed by atoms with Gasteiger partial charge in [0.25, 0.3) is 0 Å². The van der Waals surface area contributed by atoms with E-state index in [4.69, 9.17) is 5.11 Å². The molecule has 0 spiro atoms. The largest absolute Gasteiger partial charge is 0.508 e. The molecule has 3 aromatic carbocycles. The van der Waals surface area contributed by atoms with Gasteiger partial charge in [0, 0.05) is 57.3 Å². The van der Waals surface area contributed by atoms with E-state index in [0.29, 0.717) is 30.3 Å². The van der Waals surface area contributed by atoms with Gasteiger partial charge in [-0.25, -0.2) is 0 Å². The van der Waals surface area contributed by atoms with Crippen LogP contribution < -0.4 is 0 Å². The Morgan fingerprint density at radius 3 is 2.29 bits per heavy atom. The third-order valence-corrected chi connectivity index (χ3v) is 8.23. The van der Waals surface area contributed by atoms with Gasteiger partial charge in [0.15, 0.2) is 0 Å². The molecular weight excluding hydrogens is 474 g/mol. The first-order valence-electron chi connectivity index (χ1n) is 13.7. The molecule has 0 aromatic heterocycles. The van der Waals surface area contributed by atoms with Gasteiger partial charge in [0.05, 0.1) is 12.5 Å². The van der Waals surface area contributed by atoms with Crippen LogP contribution in [0.4, 0.5) is 0 Å². The fraction of sp³-hybridized carbons (Fsp3) is 0.406. The Hall–Kier alpha value is -3.19. The SMILES string of the molecule is C[C@@H]1CN(C(c2ccc(C3CN(CCC(=O)O)C3)cc2)c2cccc(O)c2)[C@@H](C)CN1Cc1ccccc1. The molecule has 2 aliphatic heterocycles. The Kier molecular flexibility index (Phi) is 8.12. The maximum absolute atomic E-state index is 10.9. The number of hydrogen-bond acceptors (Lipinski definition) is 5. The van der Waals surface area contributed by atoms with Crippen molar-refractivity contribution in [1.29, 1.82) is 0 Å². The molecule has 0 radical (unpaired) electrons.